The van der Waals surface area contributed by atoms with Gasteiger partial charge < -0.3 is 10.4 Å². The molecule has 144 valence electrons. The highest BCUT2D eigenvalue weighted by Crippen LogP contribution is 2.39. The van der Waals surface area contributed by atoms with E-state index in [1.807, 2.05) is 0 Å². The number of aliphatic carboxylic acids is 1. The summed E-state index contributed by atoms with van der Waals surface area (Å²) < 4.78 is 37.9. The summed E-state index contributed by atoms with van der Waals surface area (Å²) in [6.45, 7) is 1.50. The normalized spacial score (nSPS) is 16.6. The Balaban J connectivity index is 1.67. The van der Waals surface area contributed by atoms with Crippen molar-refractivity contribution in [3.8, 4) is 10.6 Å². The lowest BCUT2D eigenvalue weighted by molar-refractivity contribution is -0.147. The van der Waals surface area contributed by atoms with Crippen LogP contribution in [0.5, 0.6) is 0 Å². The molecular formula is C18H17F3N2O3S. The zero-order chi connectivity index (χ0) is 19.8. The van der Waals surface area contributed by atoms with Crippen molar-refractivity contribution in [2.24, 2.45) is 5.92 Å². The summed E-state index contributed by atoms with van der Waals surface area (Å²) in [4.78, 5) is 28.0. The first kappa shape index (κ1) is 19.3. The first-order chi connectivity index (χ1) is 12.6. The van der Waals surface area contributed by atoms with Crippen LogP contribution in [0.3, 0.4) is 0 Å². The fourth-order valence-electron chi connectivity index (χ4n) is 2.81. The molecule has 1 atom stereocenters. The predicted octanol–water partition coefficient (Wildman–Crippen LogP) is 3.74. The number of carbonyl (C=O) groups excluding carboxylic acids is 1. The first-order valence-corrected chi connectivity index (χ1v) is 9.14. The minimum Gasteiger partial charge on any atom is -0.480 e. The molecule has 1 aliphatic rings. The second kappa shape index (κ2) is 6.95. The van der Waals surface area contributed by atoms with E-state index in [9.17, 15) is 27.9 Å². The smallest absolute Gasteiger partial charge is 0.416 e. The standard InChI is InChI=1S/C18H17F3N2O3S/c1-17(16(25)26,11-6-7-11)23-14(24)8-13-9-27-15(22-13)10-2-4-12(5-3-10)18(19,20)21/h2-5,9,11H,6-8H2,1H3,(H,23,24)(H,25,26). The number of thiazole rings is 1. The Morgan fingerprint density at radius 2 is 1.89 bits per heavy atom. The summed E-state index contributed by atoms with van der Waals surface area (Å²) in [7, 11) is 0. The lowest BCUT2D eigenvalue weighted by Gasteiger charge is -2.25. The molecule has 2 N–H and O–H groups in total. The zero-order valence-corrected chi connectivity index (χ0v) is 15.2. The second-order valence-corrected chi connectivity index (χ2v) is 7.58. The number of hydrogen-bond acceptors (Lipinski definition) is 4. The van der Waals surface area contributed by atoms with E-state index in [4.69, 9.17) is 0 Å². The van der Waals surface area contributed by atoms with E-state index in [1.54, 1.807) is 5.38 Å². The summed E-state index contributed by atoms with van der Waals surface area (Å²) in [5, 5.41) is 14.1. The molecule has 1 amide bonds. The van der Waals surface area contributed by atoms with Crippen molar-refractivity contribution in [3.05, 3.63) is 40.9 Å². The van der Waals surface area contributed by atoms with Crippen LogP contribution in [-0.2, 0) is 22.2 Å². The number of hydrogen-bond donors (Lipinski definition) is 2. The number of carboxylic acid groups (broad SMARTS) is 1. The fourth-order valence-corrected chi connectivity index (χ4v) is 3.64. The van der Waals surface area contributed by atoms with E-state index in [0.717, 1.165) is 25.0 Å². The zero-order valence-electron chi connectivity index (χ0n) is 14.3. The number of halogens is 3. The maximum Gasteiger partial charge on any atom is 0.416 e. The number of alkyl halides is 3. The molecule has 9 heteroatoms. The van der Waals surface area contributed by atoms with Crippen LogP contribution in [-0.4, -0.2) is 27.5 Å². The molecule has 27 heavy (non-hydrogen) atoms. The van der Waals surface area contributed by atoms with Gasteiger partial charge in [-0.3, -0.25) is 4.79 Å². The molecule has 0 radical (unpaired) electrons. The van der Waals surface area contributed by atoms with Gasteiger partial charge in [0.05, 0.1) is 17.7 Å². The van der Waals surface area contributed by atoms with Crippen molar-refractivity contribution in [3.63, 3.8) is 0 Å². The molecule has 0 bridgehead atoms. The summed E-state index contributed by atoms with van der Waals surface area (Å²) in [5.41, 5.74) is -1.07. The molecule has 2 aromatic rings. The van der Waals surface area contributed by atoms with Crippen LogP contribution >= 0.6 is 11.3 Å². The summed E-state index contributed by atoms with van der Waals surface area (Å²) in [6.07, 6.45) is -2.97. The summed E-state index contributed by atoms with van der Waals surface area (Å²) in [6, 6.07) is 4.63. The molecule has 1 aliphatic carbocycles. The summed E-state index contributed by atoms with van der Waals surface area (Å²) in [5.74, 6) is -1.59. The van der Waals surface area contributed by atoms with Gasteiger partial charge in [-0.05, 0) is 37.8 Å². The summed E-state index contributed by atoms with van der Waals surface area (Å²) >= 11 is 1.21. The van der Waals surface area contributed by atoms with Crippen molar-refractivity contribution in [2.45, 2.75) is 37.9 Å². The molecule has 1 aromatic carbocycles. The Morgan fingerprint density at radius 1 is 1.26 bits per heavy atom. The molecule has 1 heterocycles. The maximum atomic E-state index is 12.6. The quantitative estimate of drug-likeness (QED) is 0.777. The van der Waals surface area contributed by atoms with Crippen LogP contribution in [0, 0.1) is 5.92 Å². The highest BCUT2D eigenvalue weighted by Gasteiger charge is 2.48. The monoisotopic (exact) mass is 398 g/mol. The van der Waals surface area contributed by atoms with Crippen molar-refractivity contribution >= 4 is 23.2 Å². The molecule has 5 nitrogen and oxygen atoms in total. The average molecular weight is 398 g/mol. The Hall–Kier alpha value is -2.42. The number of nitrogens with one attached hydrogen (secondary N) is 1. The van der Waals surface area contributed by atoms with E-state index in [-0.39, 0.29) is 12.3 Å². The van der Waals surface area contributed by atoms with Crippen molar-refractivity contribution in [1.82, 2.24) is 10.3 Å². The Kier molecular flexibility index (Phi) is 4.98. The van der Waals surface area contributed by atoms with Gasteiger partial charge in [-0.15, -0.1) is 11.3 Å². The van der Waals surface area contributed by atoms with Crippen LogP contribution in [0.25, 0.3) is 10.6 Å². The van der Waals surface area contributed by atoms with E-state index < -0.39 is 29.2 Å². The van der Waals surface area contributed by atoms with E-state index in [1.165, 1.54) is 30.4 Å². The molecule has 0 spiro atoms. The number of aromatic nitrogens is 1. The largest absolute Gasteiger partial charge is 0.480 e. The van der Waals surface area contributed by atoms with Gasteiger partial charge in [0, 0.05) is 10.9 Å². The molecule has 1 aromatic heterocycles. The molecule has 3 rings (SSSR count). The number of nitrogens with zero attached hydrogens (tertiary/aromatic N) is 1. The van der Waals surface area contributed by atoms with Crippen LogP contribution in [0.15, 0.2) is 29.6 Å². The molecule has 1 saturated carbocycles. The molecular weight excluding hydrogens is 381 g/mol. The topological polar surface area (TPSA) is 79.3 Å². The van der Waals surface area contributed by atoms with Gasteiger partial charge >= 0.3 is 12.1 Å². The van der Waals surface area contributed by atoms with Crippen molar-refractivity contribution < 1.29 is 27.9 Å². The molecule has 0 saturated heterocycles. The van der Waals surface area contributed by atoms with Gasteiger partial charge in [-0.1, -0.05) is 12.1 Å². The van der Waals surface area contributed by atoms with Gasteiger partial charge in [0.15, 0.2) is 0 Å². The SMILES string of the molecule is CC(NC(=O)Cc1csc(-c2ccc(C(F)(F)F)cc2)n1)(C(=O)O)C1CC1. The number of carboxylic acids is 1. The third-order valence-corrected chi connectivity index (χ3v) is 5.53. The third kappa shape index (κ3) is 4.29. The van der Waals surface area contributed by atoms with Crippen LogP contribution in [0.2, 0.25) is 0 Å². The molecule has 1 unspecified atom stereocenters. The van der Waals surface area contributed by atoms with Crippen LogP contribution < -0.4 is 5.32 Å². The van der Waals surface area contributed by atoms with Gasteiger partial charge in [-0.25, -0.2) is 9.78 Å². The number of benzene rings is 1. The van der Waals surface area contributed by atoms with E-state index in [2.05, 4.69) is 10.3 Å². The average Bonchev–Trinajstić information content (AvgIpc) is 3.35. The minimum absolute atomic E-state index is 0.0721. The van der Waals surface area contributed by atoms with Gasteiger partial charge in [0.25, 0.3) is 0 Å². The lowest BCUT2D eigenvalue weighted by Crippen LogP contribution is -2.54. The molecule has 1 fully saturated rings. The van der Waals surface area contributed by atoms with Crippen molar-refractivity contribution in [2.75, 3.05) is 0 Å². The Labute approximate surface area is 157 Å². The highest BCUT2D eigenvalue weighted by atomic mass is 32.1. The Bertz CT molecular complexity index is 859. The van der Waals surface area contributed by atoms with E-state index >= 15 is 0 Å². The number of carbonyl (C=O) groups is 2. The highest BCUT2D eigenvalue weighted by molar-refractivity contribution is 7.13. The predicted molar refractivity (Wildman–Crippen MR) is 93.2 cm³/mol. The van der Waals surface area contributed by atoms with Gasteiger partial charge in [0.2, 0.25) is 5.91 Å². The molecule has 0 aliphatic heterocycles. The first-order valence-electron chi connectivity index (χ1n) is 8.26. The number of amides is 1. The van der Waals surface area contributed by atoms with Gasteiger partial charge in [0.1, 0.15) is 10.5 Å². The Morgan fingerprint density at radius 3 is 2.41 bits per heavy atom. The van der Waals surface area contributed by atoms with E-state index in [0.29, 0.717) is 16.3 Å². The van der Waals surface area contributed by atoms with Crippen molar-refractivity contribution in [1.29, 1.82) is 0 Å². The van der Waals surface area contributed by atoms with Gasteiger partial charge in [-0.2, -0.15) is 13.2 Å². The van der Waals surface area contributed by atoms with Crippen LogP contribution in [0.4, 0.5) is 13.2 Å². The van der Waals surface area contributed by atoms with Crippen LogP contribution in [0.1, 0.15) is 31.0 Å². The lowest BCUT2D eigenvalue weighted by atomic mass is 9.95. The third-order valence-electron chi connectivity index (χ3n) is 4.59. The maximum absolute atomic E-state index is 12.6. The minimum atomic E-state index is -4.40. The number of rotatable bonds is 6. The second-order valence-electron chi connectivity index (χ2n) is 6.73. The fraction of sp³-hybridized carbons (Fsp3) is 0.389.